The van der Waals surface area contributed by atoms with E-state index in [0.29, 0.717) is 0 Å². The minimum atomic E-state index is -6.89. The van der Waals surface area contributed by atoms with E-state index in [1.54, 1.807) is 0 Å². The minimum absolute atomic E-state index is 0.724. The van der Waals surface area contributed by atoms with Crippen LogP contribution in [0.25, 0.3) is 0 Å². The molecule has 0 amide bonds. The van der Waals surface area contributed by atoms with Gasteiger partial charge in [-0.25, -0.2) is 8.78 Å². The van der Waals surface area contributed by atoms with Gasteiger partial charge in [0, 0.05) is 19.8 Å². The lowest BCUT2D eigenvalue weighted by Gasteiger charge is -2.35. The van der Waals surface area contributed by atoms with Crippen LogP contribution < -0.4 is 0 Å². The highest BCUT2D eigenvalue weighted by molar-refractivity contribution is 5.00. The maximum Gasteiger partial charge on any atom is 0.377 e. The Morgan fingerprint density at radius 3 is 1.12 bits per heavy atom. The lowest BCUT2D eigenvalue weighted by Crippen LogP contribution is -2.58. The molecule has 146 valence electrons. The van der Waals surface area contributed by atoms with Gasteiger partial charge in [-0.3, -0.25) is 0 Å². The highest BCUT2D eigenvalue weighted by atomic mass is 19.4. The van der Waals surface area contributed by atoms with Crippen LogP contribution in [-0.2, 0) is 0 Å². The minimum Gasteiger partial charge on any atom is -0.203 e. The van der Waals surface area contributed by atoms with Gasteiger partial charge in [0.2, 0.25) is 0 Å². The molecule has 0 bridgehead atoms. The fraction of sp³-hybridized carbons (Fsp3) is 1.00. The van der Waals surface area contributed by atoms with Gasteiger partial charge in [-0.2, -0.15) is 52.7 Å². The van der Waals surface area contributed by atoms with Crippen molar-refractivity contribution in [2.45, 2.75) is 61.7 Å². The summed E-state index contributed by atoms with van der Waals surface area (Å²) in [5.74, 6) is -37.6. The van der Waals surface area contributed by atoms with Gasteiger partial charge >= 0.3 is 42.0 Å². The summed E-state index contributed by atoms with van der Waals surface area (Å²) in [5.41, 5.74) is 0. The molecule has 0 aliphatic carbocycles. The fourth-order valence-electron chi connectivity index (χ4n) is 1.33. The van der Waals surface area contributed by atoms with Crippen molar-refractivity contribution >= 4 is 0 Å². The molecule has 0 aromatic heterocycles. The molecule has 0 spiro atoms. The predicted octanol–water partition coefficient (Wildman–Crippen LogP) is 5.86. The lowest BCUT2D eigenvalue weighted by atomic mass is 9.94. The molecule has 0 heterocycles. The Labute approximate surface area is 124 Å². The predicted molar refractivity (Wildman–Crippen MR) is 50.6 cm³/mol. The summed E-state index contributed by atoms with van der Waals surface area (Å²) in [6.07, 6.45) is -11.6. The first-order valence-electron chi connectivity index (χ1n) is 5.70. The van der Waals surface area contributed by atoms with E-state index in [-0.39, 0.29) is 0 Å². The molecule has 0 radical (unpaired) electrons. The number of rotatable bonds is 8. The average molecular weight is 394 g/mol. The van der Waals surface area contributed by atoms with Gasteiger partial charge in [0.15, 0.2) is 0 Å². The smallest absolute Gasteiger partial charge is 0.203 e. The van der Waals surface area contributed by atoms with Crippen LogP contribution in [0.5, 0.6) is 0 Å². The molecule has 0 rings (SSSR count). The van der Waals surface area contributed by atoms with Crippen molar-refractivity contribution in [3.05, 3.63) is 0 Å². The third kappa shape index (κ3) is 3.65. The van der Waals surface area contributed by atoms with Crippen LogP contribution in [0.1, 0.15) is 19.8 Å². The Morgan fingerprint density at radius 1 is 0.583 bits per heavy atom. The van der Waals surface area contributed by atoms with E-state index in [2.05, 4.69) is 0 Å². The van der Waals surface area contributed by atoms with Crippen molar-refractivity contribution in [3.63, 3.8) is 0 Å². The maximum atomic E-state index is 12.9. The van der Waals surface area contributed by atoms with Gasteiger partial charge < -0.3 is 0 Å². The van der Waals surface area contributed by atoms with Gasteiger partial charge in [0.25, 0.3) is 0 Å². The molecule has 0 unspecified atom stereocenters. The number of halogens is 14. The largest absolute Gasteiger partial charge is 0.377 e. The van der Waals surface area contributed by atoms with E-state index in [1.165, 1.54) is 0 Å². The van der Waals surface area contributed by atoms with Crippen molar-refractivity contribution < 1.29 is 61.5 Å². The van der Waals surface area contributed by atoms with E-state index in [0.717, 1.165) is 0 Å². The summed E-state index contributed by atoms with van der Waals surface area (Å²) in [6.45, 7) is -0.724. The van der Waals surface area contributed by atoms with Crippen LogP contribution in [0.4, 0.5) is 61.5 Å². The summed E-state index contributed by atoms with van der Waals surface area (Å²) < 4.78 is 176. The van der Waals surface area contributed by atoms with Gasteiger partial charge in [0.1, 0.15) is 0 Å². The maximum absolute atomic E-state index is 12.9. The second-order valence-corrected chi connectivity index (χ2v) is 4.87. The zero-order valence-electron chi connectivity index (χ0n) is 11.3. The van der Waals surface area contributed by atoms with E-state index >= 15 is 0 Å². The number of alkyl halides is 14. The van der Waals surface area contributed by atoms with Gasteiger partial charge in [0.05, 0.1) is 0 Å². The third-order valence-corrected chi connectivity index (χ3v) is 2.92. The molecule has 14 heteroatoms. The standard InChI is InChI=1S/C10H8F14/c1-5(13,14)9(21,22)6(15,16)2-3-7(17,18)10(23,24)8(19,20)4(11)12/h4H,2-3H2,1H3. The van der Waals surface area contributed by atoms with Crippen LogP contribution in [0.2, 0.25) is 0 Å². The van der Waals surface area contributed by atoms with E-state index < -0.39 is 61.7 Å². The highest BCUT2D eigenvalue weighted by Gasteiger charge is 2.76. The normalized spacial score (nSPS) is 16.0. The Morgan fingerprint density at radius 2 is 0.875 bits per heavy atom. The summed E-state index contributed by atoms with van der Waals surface area (Å²) in [4.78, 5) is 0. The molecule has 0 aliphatic rings. The quantitative estimate of drug-likeness (QED) is 0.452. The van der Waals surface area contributed by atoms with E-state index in [1.807, 2.05) is 0 Å². The monoisotopic (exact) mass is 394 g/mol. The molecule has 0 saturated heterocycles. The first kappa shape index (κ1) is 23.0. The average Bonchev–Trinajstić information content (AvgIpc) is 2.34. The molecule has 0 aliphatic heterocycles. The van der Waals surface area contributed by atoms with Crippen LogP contribution in [0, 0.1) is 0 Å². The second-order valence-electron chi connectivity index (χ2n) is 4.87. The first-order chi connectivity index (χ1) is 10.2. The van der Waals surface area contributed by atoms with Gasteiger partial charge in [-0.15, -0.1) is 0 Å². The Kier molecular flexibility index (Phi) is 5.83. The van der Waals surface area contributed by atoms with E-state index in [9.17, 15) is 61.5 Å². The summed E-state index contributed by atoms with van der Waals surface area (Å²) in [6, 6.07) is 0. The second kappa shape index (κ2) is 6.07. The zero-order valence-corrected chi connectivity index (χ0v) is 11.3. The fourth-order valence-corrected chi connectivity index (χ4v) is 1.33. The molecule has 0 aromatic rings. The molecule has 24 heavy (non-hydrogen) atoms. The molecule has 0 saturated carbocycles. The van der Waals surface area contributed by atoms with E-state index in [4.69, 9.17) is 0 Å². The van der Waals surface area contributed by atoms with Crippen LogP contribution >= 0.6 is 0 Å². The molecule has 0 nitrogen and oxygen atoms in total. The summed E-state index contributed by atoms with van der Waals surface area (Å²) in [7, 11) is 0. The van der Waals surface area contributed by atoms with Crippen molar-refractivity contribution in [2.24, 2.45) is 0 Å². The summed E-state index contributed by atoms with van der Waals surface area (Å²) in [5, 5.41) is 0. The molecule has 0 fully saturated rings. The number of hydrogen-bond donors (Lipinski definition) is 0. The van der Waals surface area contributed by atoms with Crippen molar-refractivity contribution in [1.82, 2.24) is 0 Å². The lowest BCUT2D eigenvalue weighted by molar-refractivity contribution is -0.347. The van der Waals surface area contributed by atoms with Gasteiger partial charge in [-0.1, -0.05) is 0 Å². The Balaban J connectivity index is 5.48. The first-order valence-corrected chi connectivity index (χ1v) is 5.70. The Bertz CT molecular complexity index is 431. The number of hydrogen-bond acceptors (Lipinski definition) is 0. The molecule has 0 N–H and O–H groups in total. The SMILES string of the molecule is CC(F)(F)C(F)(F)C(F)(F)CCC(F)(F)C(F)(F)C(F)(F)C(F)F. The molecular weight excluding hydrogens is 386 g/mol. The van der Waals surface area contributed by atoms with Crippen LogP contribution in [-0.4, -0.2) is 42.0 Å². The molecule has 0 atom stereocenters. The van der Waals surface area contributed by atoms with Crippen molar-refractivity contribution in [1.29, 1.82) is 0 Å². The highest BCUT2D eigenvalue weighted by Crippen LogP contribution is 2.53. The van der Waals surface area contributed by atoms with Crippen LogP contribution in [0.3, 0.4) is 0 Å². The van der Waals surface area contributed by atoms with Crippen molar-refractivity contribution in [2.75, 3.05) is 0 Å². The van der Waals surface area contributed by atoms with Crippen LogP contribution in [0.15, 0.2) is 0 Å². The molecular formula is C10H8F14. The zero-order chi connectivity index (χ0) is 20.0. The van der Waals surface area contributed by atoms with Gasteiger partial charge in [-0.05, 0) is 0 Å². The summed E-state index contributed by atoms with van der Waals surface area (Å²) >= 11 is 0. The Hall–Kier alpha value is -0.980. The van der Waals surface area contributed by atoms with Crippen molar-refractivity contribution in [3.8, 4) is 0 Å². The topological polar surface area (TPSA) is 0 Å². The third-order valence-electron chi connectivity index (χ3n) is 2.92. The molecule has 0 aromatic carbocycles.